The topological polar surface area (TPSA) is 21.3 Å². The van der Waals surface area contributed by atoms with Gasteiger partial charge in [0.05, 0.1) is 6.61 Å². The summed E-state index contributed by atoms with van der Waals surface area (Å²) in [5, 5.41) is 3.44. The van der Waals surface area contributed by atoms with Crippen molar-refractivity contribution >= 4 is 0 Å². The van der Waals surface area contributed by atoms with Crippen molar-refractivity contribution in [3.63, 3.8) is 0 Å². The van der Waals surface area contributed by atoms with Crippen LogP contribution in [0, 0.1) is 0 Å². The van der Waals surface area contributed by atoms with Crippen molar-refractivity contribution in [3.05, 3.63) is 35.4 Å². The van der Waals surface area contributed by atoms with E-state index in [1.54, 1.807) is 0 Å². The fourth-order valence-electron chi connectivity index (χ4n) is 1.70. The third kappa shape index (κ3) is 5.85. The Labute approximate surface area is 105 Å². The first-order valence-corrected chi connectivity index (χ1v) is 6.73. The molecule has 0 atom stereocenters. The summed E-state index contributed by atoms with van der Waals surface area (Å²) in [4.78, 5) is 0. The first-order valence-electron chi connectivity index (χ1n) is 6.73. The van der Waals surface area contributed by atoms with E-state index in [1.165, 1.54) is 24.0 Å². The minimum absolute atomic E-state index is 0.740. The predicted molar refractivity (Wildman–Crippen MR) is 73.0 cm³/mol. The molecular formula is C15H25NO. The zero-order valence-corrected chi connectivity index (χ0v) is 11.2. The van der Waals surface area contributed by atoms with E-state index in [0.717, 1.165) is 32.7 Å². The van der Waals surface area contributed by atoms with Gasteiger partial charge in [-0.15, -0.1) is 0 Å². The first-order chi connectivity index (χ1) is 8.38. The molecule has 1 aromatic rings. The minimum Gasteiger partial charge on any atom is -0.377 e. The molecule has 0 aliphatic rings. The van der Waals surface area contributed by atoms with Crippen LogP contribution in [0.5, 0.6) is 0 Å². The fourth-order valence-corrected chi connectivity index (χ4v) is 1.70. The second-order valence-electron chi connectivity index (χ2n) is 4.35. The Morgan fingerprint density at radius 2 is 1.82 bits per heavy atom. The van der Waals surface area contributed by atoms with Crippen LogP contribution < -0.4 is 5.32 Å². The van der Waals surface area contributed by atoms with Gasteiger partial charge in [-0.2, -0.15) is 0 Å². The molecular weight excluding hydrogens is 210 g/mol. The number of benzene rings is 1. The summed E-state index contributed by atoms with van der Waals surface area (Å²) < 4.78 is 5.68. The highest BCUT2D eigenvalue weighted by atomic mass is 16.5. The van der Waals surface area contributed by atoms with Crippen molar-refractivity contribution in [2.45, 2.75) is 46.3 Å². The molecule has 1 aromatic carbocycles. The van der Waals surface area contributed by atoms with Gasteiger partial charge in [-0.05, 0) is 30.5 Å². The summed E-state index contributed by atoms with van der Waals surface area (Å²) in [6.45, 7) is 8.00. The van der Waals surface area contributed by atoms with Crippen LogP contribution in [0.1, 0.15) is 44.2 Å². The number of hydrogen-bond acceptors (Lipinski definition) is 2. The lowest BCUT2D eigenvalue weighted by molar-refractivity contribution is 0.117. The van der Waals surface area contributed by atoms with E-state index in [2.05, 4.69) is 43.4 Å². The molecule has 17 heavy (non-hydrogen) atoms. The van der Waals surface area contributed by atoms with Gasteiger partial charge in [-0.25, -0.2) is 0 Å². The summed E-state index contributed by atoms with van der Waals surface area (Å²) in [7, 11) is 0. The maximum absolute atomic E-state index is 5.68. The molecule has 0 amide bonds. The maximum Gasteiger partial charge on any atom is 0.0720 e. The van der Waals surface area contributed by atoms with Crippen molar-refractivity contribution < 1.29 is 4.74 Å². The molecule has 96 valence electrons. The van der Waals surface area contributed by atoms with Gasteiger partial charge < -0.3 is 10.1 Å². The Morgan fingerprint density at radius 3 is 2.53 bits per heavy atom. The number of ether oxygens (including phenoxy) is 1. The van der Waals surface area contributed by atoms with E-state index in [-0.39, 0.29) is 0 Å². The highest BCUT2D eigenvalue weighted by molar-refractivity contribution is 5.26. The van der Waals surface area contributed by atoms with E-state index in [4.69, 9.17) is 4.74 Å². The number of hydrogen-bond donors (Lipinski definition) is 1. The molecule has 0 aromatic heterocycles. The largest absolute Gasteiger partial charge is 0.377 e. The Hall–Kier alpha value is -0.860. The molecule has 0 saturated heterocycles. The molecule has 1 rings (SSSR count). The predicted octanol–water partition coefficient (Wildman–Crippen LogP) is 3.50. The standard InChI is InChI=1S/C15H25NO/c1-3-5-11-17-13-15-9-7-6-8-14(15)12-16-10-4-2/h6-9,16H,3-5,10-13H2,1-2H3. The zero-order valence-electron chi connectivity index (χ0n) is 11.2. The molecule has 2 heteroatoms. The maximum atomic E-state index is 5.68. The van der Waals surface area contributed by atoms with Crippen molar-refractivity contribution in [3.8, 4) is 0 Å². The second kappa shape index (κ2) is 9.20. The van der Waals surface area contributed by atoms with Gasteiger partial charge >= 0.3 is 0 Å². The Kier molecular flexibility index (Phi) is 7.69. The van der Waals surface area contributed by atoms with E-state index in [9.17, 15) is 0 Å². The third-order valence-electron chi connectivity index (χ3n) is 2.76. The molecule has 1 N–H and O–H groups in total. The van der Waals surface area contributed by atoms with E-state index in [1.807, 2.05) is 0 Å². The summed E-state index contributed by atoms with van der Waals surface area (Å²) in [5.41, 5.74) is 2.67. The van der Waals surface area contributed by atoms with Gasteiger partial charge in [0.15, 0.2) is 0 Å². The van der Waals surface area contributed by atoms with Gasteiger partial charge in [-0.3, -0.25) is 0 Å². The average molecular weight is 235 g/mol. The lowest BCUT2D eigenvalue weighted by Gasteiger charge is -2.10. The Bertz CT molecular complexity index is 299. The fraction of sp³-hybridized carbons (Fsp3) is 0.600. The van der Waals surface area contributed by atoms with Gasteiger partial charge in [-0.1, -0.05) is 44.5 Å². The molecule has 0 bridgehead atoms. The lowest BCUT2D eigenvalue weighted by atomic mass is 10.1. The van der Waals surface area contributed by atoms with Crippen LogP contribution in [0.15, 0.2) is 24.3 Å². The third-order valence-corrected chi connectivity index (χ3v) is 2.76. The van der Waals surface area contributed by atoms with Crippen LogP contribution in [0.4, 0.5) is 0 Å². The van der Waals surface area contributed by atoms with Gasteiger partial charge in [0.1, 0.15) is 0 Å². The highest BCUT2D eigenvalue weighted by Gasteiger charge is 2.01. The SMILES string of the molecule is CCCCOCc1ccccc1CNCCC. The first kappa shape index (κ1) is 14.2. The van der Waals surface area contributed by atoms with Crippen LogP contribution in [0.2, 0.25) is 0 Å². The van der Waals surface area contributed by atoms with E-state index in [0.29, 0.717) is 0 Å². The monoisotopic (exact) mass is 235 g/mol. The summed E-state index contributed by atoms with van der Waals surface area (Å²) in [5.74, 6) is 0. The molecule has 0 radical (unpaired) electrons. The van der Waals surface area contributed by atoms with Crippen molar-refractivity contribution in [2.75, 3.05) is 13.2 Å². The van der Waals surface area contributed by atoms with Gasteiger partial charge in [0.25, 0.3) is 0 Å². The smallest absolute Gasteiger partial charge is 0.0720 e. The zero-order chi connectivity index (χ0) is 12.3. The van der Waals surface area contributed by atoms with E-state index >= 15 is 0 Å². The lowest BCUT2D eigenvalue weighted by Crippen LogP contribution is -2.15. The normalized spacial score (nSPS) is 10.7. The van der Waals surface area contributed by atoms with Crippen molar-refractivity contribution in [1.82, 2.24) is 5.32 Å². The molecule has 0 heterocycles. The number of rotatable bonds is 9. The molecule has 0 spiro atoms. The number of unbranched alkanes of at least 4 members (excludes halogenated alkanes) is 1. The summed E-state index contributed by atoms with van der Waals surface area (Å²) >= 11 is 0. The molecule has 0 saturated carbocycles. The molecule has 0 unspecified atom stereocenters. The molecule has 0 fully saturated rings. The van der Waals surface area contributed by atoms with Crippen LogP contribution in [0.3, 0.4) is 0 Å². The molecule has 2 nitrogen and oxygen atoms in total. The number of nitrogens with one attached hydrogen (secondary N) is 1. The Balaban J connectivity index is 2.40. The van der Waals surface area contributed by atoms with Crippen molar-refractivity contribution in [1.29, 1.82) is 0 Å². The highest BCUT2D eigenvalue weighted by Crippen LogP contribution is 2.10. The van der Waals surface area contributed by atoms with E-state index < -0.39 is 0 Å². The molecule has 0 aliphatic carbocycles. The van der Waals surface area contributed by atoms with Crippen molar-refractivity contribution in [2.24, 2.45) is 0 Å². The molecule has 0 aliphatic heterocycles. The van der Waals surface area contributed by atoms with Crippen LogP contribution in [-0.2, 0) is 17.9 Å². The van der Waals surface area contributed by atoms with Gasteiger partial charge in [0, 0.05) is 13.2 Å². The average Bonchev–Trinajstić information content (AvgIpc) is 2.36. The minimum atomic E-state index is 0.740. The quantitative estimate of drug-likeness (QED) is 0.661. The van der Waals surface area contributed by atoms with Gasteiger partial charge in [0.2, 0.25) is 0 Å². The Morgan fingerprint density at radius 1 is 1.06 bits per heavy atom. The van der Waals surface area contributed by atoms with Crippen LogP contribution in [0.25, 0.3) is 0 Å². The van der Waals surface area contributed by atoms with Crippen LogP contribution in [-0.4, -0.2) is 13.2 Å². The summed E-state index contributed by atoms with van der Waals surface area (Å²) in [6, 6.07) is 8.52. The van der Waals surface area contributed by atoms with Crippen LogP contribution >= 0.6 is 0 Å². The second-order valence-corrected chi connectivity index (χ2v) is 4.35. The summed E-state index contributed by atoms with van der Waals surface area (Å²) in [6.07, 6.45) is 3.52.